The highest BCUT2D eigenvalue weighted by Crippen LogP contribution is 2.36. The Morgan fingerprint density at radius 1 is 1.17 bits per heavy atom. The first-order valence-corrected chi connectivity index (χ1v) is 10.5. The normalized spacial score (nSPS) is 11.0. The topological polar surface area (TPSA) is 89.9 Å². The second kappa shape index (κ2) is 8.81. The molecule has 154 valence electrons. The summed E-state index contributed by atoms with van der Waals surface area (Å²) in [6.07, 6.45) is 2.46. The number of rotatable bonds is 7. The SMILES string of the molecule is COc1ccc(OC)c(Sc2nc3c([nH]2)c(N)nc[n+]3CCc2ccccc2Cl)c1. The summed E-state index contributed by atoms with van der Waals surface area (Å²) in [6.45, 7) is 0.672. The van der Waals surface area contributed by atoms with Crippen LogP contribution in [0.2, 0.25) is 5.02 Å². The maximum atomic E-state index is 6.29. The van der Waals surface area contributed by atoms with E-state index in [-0.39, 0.29) is 0 Å². The fourth-order valence-electron chi connectivity index (χ4n) is 3.10. The fraction of sp³-hybridized carbons (Fsp3) is 0.190. The van der Waals surface area contributed by atoms with Crippen LogP contribution in [-0.4, -0.2) is 29.2 Å². The number of aromatic nitrogens is 4. The Morgan fingerprint density at radius 2 is 2.00 bits per heavy atom. The first-order valence-electron chi connectivity index (χ1n) is 9.26. The summed E-state index contributed by atoms with van der Waals surface area (Å²) in [5.41, 5.74) is 8.60. The van der Waals surface area contributed by atoms with Crippen molar-refractivity contribution in [3.05, 3.63) is 59.4 Å². The van der Waals surface area contributed by atoms with E-state index in [1.165, 1.54) is 11.8 Å². The standard InChI is InChI=1S/C21H20ClN5O2S/c1-28-14-7-8-16(29-2)17(11-14)30-21-25-18-19(23)24-12-27(20(18)26-21)10-9-13-5-3-4-6-15(13)22/h3-8,11-12H,9-10H2,1-2H3,(H2,23,25,26)/p+1. The summed E-state index contributed by atoms with van der Waals surface area (Å²) in [4.78, 5) is 13.2. The van der Waals surface area contributed by atoms with Crippen molar-refractivity contribution >= 4 is 40.3 Å². The molecule has 3 N–H and O–H groups in total. The van der Waals surface area contributed by atoms with E-state index in [1.807, 2.05) is 47.0 Å². The van der Waals surface area contributed by atoms with Gasteiger partial charge in [-0.1, -0.05) is 39.8 Å². The third kappa shape index (κ3) is 4.15. The Morgan fingerprint density at radius 3 is 2.77 bits per heavy atom. The summed E-state index contributed by atoms with van der Waals surface area (Å²) in [5.74, 6) is 1.88. The van der Waals surface area contributed by atoms with Crippen molar-refractivity contribution in [1.29, 1.82) is 0 Å². The zero-order chi connectivity index (χ0) is 21.1. The molecule has 0 fully saturated rings. The molecule has 4 aromatic rings. The number of fused-ring (bicyclic) bond motifs is 1. The van der Waals surface area contributed by atoms with Gasteiger partial charge in [-0.05, 0) is 41.6 Å². The molecule has 0 aliphatic carbocycles. The van der Waals surface area contributed by atoms with Gasteiger partial charge in [0.15, 0.2) is 5.52 Å². The van der Waals surface area contributed by atoms with Crippen molar-refractivity contribution in [1.82, 2.24) is 15.0 Å². The van der Waals surface area contributed by atoms with Gasteiger partial charge in [0.05, 0.1) is 25.7 Å². The van der Waals surface area contributed by atoms with Crippen LogP contribution in [0.15, 0.2) is 58.8 Å². The number of anilines is 1. The first kappa shape index (κ1) is 20.3. The van der Waals surface area contributed by atoms with Gasteiger partial charge in [-0.25, -0.2) is 4.57 Å². The Bertz CT molecular complexity index is 1200. The number of hydrogen-bond acceptors (Lipinski definition) is 6. The molecule has 0 saturated heterocycles. The molecule has 0 spiro atoms. The van der Waals surface area contributed by atoms with Crippen LogP contribution in [0.5, 0.6) is 11.5 Å². The molecule has 0 aliphatic heterocycles. The second-order valence-electron chi connectivity index (χ2n) is 6.52. The number of hydrogen-bond donors (Lipinski definition) is 2. The van der Waals surface area contributed by atoms with E-state index >= 15 is 0 Å². The van der Waals surface area contributed by atoms with Crippen LogP contribution in [0.3, 0.4) is 0 Å². The quantitative estimate of drug-likeness (QED) is 0.422. The van der Waals surface area contributed by atoms with Crippen LogP contribution >= 0.6 is 23.4 Å². The number of aryl methyl sites for hydroxylation is 2. The minimum Gasteiger partial charge on any atom is -0.497 e. The molecule has 0 aliphatic rings. The van der Waals surface area contributed by atoms with E-state index in [9.17, 15) is 0 Å². The molecule has 2 aromatic carbocycles. The highest BCUT2D eigenvalue weighted by atomic mass is 35.5. The van der Waals surface area contributed by atoms with Gasteiger partial charge >= 0.3 is 0 Å². The minimum atomic E-state index is 0.399. The molecule has 0 amide bonds. The van der Waals surface area contributed by atoms with E-state index in [1.54, 1.807) is 20.5 Å². The predicted molar refractivity (Wildman–Crippen MR) is 117 cm³/mol. The van der Waals surface area contributed by atoms with E-state index in [2.05, 4.69) is 9.97 Å². The van der Waals surface area contributed by atoms with Gasteiger partial charge in [-0.3, -0.25) is 0 Å². The van der Waals surface area contributed by atoms with Gasteiger partial charge in [0.25, 0.3) is 5.65 Å². The molecule has 0 radical (unpaired) electrons. The molecular formula is C21H21ClN5O2S+. The molecule has 7 nitrogen and oxygen atoms in total. The van der Waals surface area contributed by atoms with Crippen molar-refractivity contribution in [2.24, 2.45) is 0 Å². The minimum absolute atomic E-state index is 0.399. The number of benzene rings is 2. The maximum Gasteiger partial charge on any atom is 0.294 e. The summed E-state index contributed by atoms with van der Waals surface area (Å²) in [7, 11) is 3.26. The molecule has 30 heavy (non-hydrogen) atoms. The molecule has 0 atom stereocenters. The van der Waals surface area contributed by atoms with Gasteiger partial charge < -0.3 is 20.2 Å². The lowest BCUT2D eigenvalue weighted by molar-refractivity contribution is -0.675. The molecule has 2 aromatic heterocycles. The van der Waals surface area contributed by atoms with Crippen LogP contribution in [0.25, 0.3) is 11.2 Å². The number of aromatic amines is 1. The number of nitrogens with two attached hydrogens (primary N) is 1. The number of nitrogens with zero attached hydrogens (tertiary/aromatic N) is 3. The number of halogens is 1. The highest BCUT2D eigenvalue weighted by Gasteiger charge is 2.20. The van der Waals surface area contributed by atoms with Gasteiger partial charge in [0.2, 0.25) is 17.3 Å². The van der Waals surface area contributed by atoms with E-state index < -0.39 is 0 Å². The maximum absolute atomic E-state index is 6.29. The number of methoxy groups -OCH3 is 2. The number of imidazole rings is 1. The largest absolute Gasteiger partial charge is 0.497 e. The lowest BCUT2D eigenvalue weighted by Crippen LogP contribution is -2.36. The van der Waals surface area contributed by atoms with Crippen molar-refractivity contribution in [3.63, 3.8) is 0 Å². The molecule has 9 heteroatoms. The third-order valence-corrected chi connectivity index (χ3v) is 5.98. The Hall–Kier alpha value is -2.97. The van der Waals surface area contributed by atoms with E-state index in [0.717, 1.165) is 39.0 Å². The van der Waals surface area contributed by atoms with Gasteiger partial charge in [-0.2, -0.15) is 0 Å². The summed E-state index contributed by atoms with van der Waals surface area (Å²) in [5, 5.41) is 1.43. The van der Waals surface area contributed by atoms with Crippen LogP contribution < -0.4 is 19.8 Å². The van der Waals surface area contributed by atoms with E-state index in [4.69, 9.17) is 31.8 Å². The fourth-order valence-corrected chi connectivity index (χ4v) is 4.25. The molecule has 2 heterocycles. The van der Waals surface area contributed by atoms with Crippen molar-refractivity contribution in [2.75, 3.05) is 20.0 Å². The monoisotopic (exact) mass is 442 g/mol. The zero-order valence-corrected chi connectivity index (χ0v) is 18.1. The lowest BCUT2D eigenvalue weighted by atomic mass is 10.1. The number of nitrogens with one attached hydrogen (secondary N) is 1. The number of ether oxygens (including phenoxy) is 2. The summed E-state index contributed by atoms with van der Waals surface area (Å²) >= 11 is 7.73. The number of nitrogen functional groups attached to an aromatic ring is 1. The van der Waals surface area contributed by atoms with Crippen LogP contribution in [0.1, 0.15) is 5.56 Å². The van der Waals surface area contributed by atoms with Crippen molar-refractivity contribution < 1.29 is 14.0 Å². The van der Waals surface area contributed by atoms with E-state index in [0.29, 0.717) is 23.0 Å². The van der Waals surface area contributed by atoms with Crippen LogP contribution in [0.4, 0.5) is 5.82 Å². The number of H-pyrrole nitrogens is 1. The highest BCUT2D eigenvalue weighted by molar-refractivity contribution is 7.99. The first-order chi connectivity index (χ1) is 14.6. The van der Waals surface area contributed by atoms with Crippen LogP contribution in [0, 0.1) is 0 Å². The zero-order valence-electron chi connectivity index (χ0n) is 16.6. The summed E-state index contributed by atoms with van der Waals surface area (Å²) < 4.78 is 12.8. The average Bonchev–Trinajstić information content (AvgIpc) is 3.19. The average molecular weight is 443 g/mol. The van der Waals surface area contributed by atoms with Crippen LogP contribution in [-0.2, 0) is 13.0 Å². The van der Waals surface area contributed by atoms with Crippen molar-refractivity contribution in [2.45, 2.75) is 23.0 Å². The molecule has 0 unspecified atom stereocenters. The molecular weight excluding hydrogens is 422 g/mol. The molecule has 0 saturated carbocycles. The second-order valence-corrected chi connectivity index (χ2v) is 7.96. The molecule has 0 bridgehead atoms. The lowest BCUT2D eigenvalue weighted by Gasteiger charge is -2.07. The van der Waals surface area contributed by atoms with Gasteiger partial charge in [-0.15, -0.1) is 0 Å². The Labute approximate surface area is 183 Å². The van der Waals surface area contributed by atoms with Crippen molar-refractivity contribution in [3.8, 4) is 11.5 Å². The third-order valence-electron chi connectivity index (χ3n) is 4.68. The van der Waals surface area contributed by atoms with Gasteiger partial charge in [0, 0.05) is 11.4 Å². The Balaban J connectivity index is 1.65. The van der Waals surface area contributed by atoms with Gasteiger partial charge in [0.1, 0.15) is 11.5 Å². The Kier molecular flexibility index (Phi) is 5.96. The predicted octanol–water partition coefficient (Wildman–Crippen LogP) is 3.89. The smallest absolute Gasteiger partial charge is 0.294 e. The summed E-state index contributed by atoms with van der Waals surface area (Å²) in [6, 6.07) is 13.4. The molecule has 4 rings (SSSR count).